The van der Waals surface area contributed by atoms with Gasteiger partial charge < -0.3 is 9.64 Å². The summed E-state index contributed by atoms with van der Waals surface area (Å²) in [6, 6.07) is 8.98. The molecular weight excluding hydrogens is 311 g/mol. The molecule has 110 valence electrons. The number of carbonyl (C=O) groups excluding carboxylic acids is 1. The van der Waals surface area contributed by atoms with Crippen molar-refractivity contribution in [1.82, 2.24) is 9.88 Å². The summed E-state index contributed by atoms with van der Waals surface area (Å²) in [7, 11) is 3.32. The summed E-state index contributed by atoms with van der Waals surface area (Å²) in [5.41, 5.74) is 1.33. The van der Waals surface area contributed by atoms with Gasteiger partial charge in [-0.15, -0.1) is 0 Å². The third-order valence-electron chi connectivity index (χ3n) is 2.98. The second kappa shape index (κ2) is 6.78. The van der Waals surface area contributed by atoms with Gasteiger partial charge in [-0.2, -0.15) is 0 Å². The molecule has 0 saturated carbocycles. The minimum atomic E-state index is -0.208. The normalized spacial score (nSPS) is 10.3. The highest BCUT2D eigenvalue weighted by Crippen LogP contribution is 2.20. The molecule has 6 heteroatoms. The molecule has 0 aliphatic carbocycles. The van der Waals surface area contributed by atoms with E-state index in [0.717, 1.165) is 11.3 Å². The van der Waals surface area contributed by atoms with Crippen LogP contribution in [0.15, 0.2) is 36.5 Å². The van der Waals surface area contributed by atoms with Crippen LogP contribution in [-0.2, 0) is 6.54 Å². The molecule has 4 nitrogen and oxygen atoms in total. The Morgan fingerprint density at radius 2 is 1.95 bits per heavy atom. The van der Waals surface area contributed by atoms with E-state index >= 15 is 0 Å². The summed E-state index contributed by atoms with van der Waals surface area (Å²) < 4.78 is 5.10. The van der Waals surface area contributed by atoms with Crippen molar-refractivity contribution in [3.63, 3.8) is 0 Å². The van der Waals surface area contributed by atoms with Crippen molar-refractivity contribution < 1.29 is 9.53 Å². The van der Waals surface area contributed by atoms with Gasteiger partial charge >= 0.3 is 0 Å². The first-order valence-electron chi connectivity index (χ1n) is 6.20. The predicted octanol–water partition coefficient (Wildman–Crippen LogP) is 3.67. The van der Waals surface area contributed by atoms with Crippen molar-refractivity contribution in [2.45, 2.75) is 6.54 Å². The summed E-state index contributed by atoms with van der Waals surface area (Å²) in [5.74, 6) is 0.566. The smallest absolute Gasteiger partial charge is 0.255 e. The Bertz CT molecular complexity index is 645. The number of amides is 1. The summed E-state index contributed by atoms with van der Waals surface area (Å²) in [6.45, 7) is 0.457. The van der Waals surface area contributed by atoms with Gasteiger partial charge in [-0.25, -0.2) is 4.98 Å². The third-order valence-corrected chi connectivity index (χ3v) is 3.49. The fourth-order valence-corrected chi connectivity index (χ4v) is 2.20. The number of hydrogen-bond donors (Lipinski definition) is 0. The van der Waals surface area contributed by atoms with Crippen LogP contribution >= 0.6 is 23.2 Å². The Morgan fingerprint density at radius 1 is 1.29 bits per heavy atom. The number of nitrogens with zero attached hydrogens (tertiary/aromatic N) is 2. The van der Waals surface area contributed by atoms with Crippen LogP contribution in [0.1, 0.15) is 15.9 Å². The molecule has 0 aliphatic rings. The number of benzene rings is 1. The minimum Gasteiger partial charge on any atom is -0.497 e. The van der Waals surface area contributed by atoms with E-state index in [-0.39, 0.29) is 16.1 Å². The predicted molar refractivity (Wildman–Crippen MR) is 83.0 cm³/mol. The Labute approximate surface area is 133 Å². The standard InChI is InChI=1S/C15H14Cl2N2O2/c1-19(9-10-3-5-11(21-2)6-4-10)15(20)12-7-14(17)18-8-13(12)16/h3-8H,9H2,1-2H3. The quantitative estimate of drug-likeness (QED) is 0.806. The van der Waals surface area contributed by atoms with Crippen molar-refractivity contribution in [2.75, 3.05) is 14.2 Å². The molecule has 0 fully saturated rings. The van der Waals surface area contributed by atoms with Gasteiger partial charge in [-0.3, -0.25) is 4.79 Å². The van der Waals surface area contributed by atoms with Crippen LogP contribution in [0.5, 0.6) is 5.75 Å². The van der Waals surface area contributed by atoms with Crippen LogP contribution in [0.2, 0.25) is 10.2 Å². The first-order valence-corrected chi connectivity index (χ1v) is 6.96. The summed E-state index contributed by atoms with van der Waals surface area (Å²) in [5, 5.41) is 0.520. The molecule has 0 aliphatic heterocycles. The molecule has 0 saturated heterocycles. The molecule has 0 radical (unpaired) electrons. The molecule has 1 heterocycles. The number of halogens is 2. The zero-order valence-corrected chi connectivity index (χ0v) is 13.1. The van der Waals surface area contributed by atoms with Crippen molar-refractivity contribution in [3.8, 4) is 5.75 Å². The van der Waals surface area contributed by atoms with Gasteiger partial charge in [0.15, 0.2) is 0 Å². The molecule has 0 N–H and O–H groups in total. The largest absolute Gasteiger partial charge is 0.497 e. The van der Waals surface area contributed by atoms with Crippen molar-refractivity contribution in [1.29, 1.82) is 0 Å². The first-order chi connectivity index (χ1) is 10.0. The van der Waals surface area contributed by atoms with E-state index in [9.17, 15) is 4.79 Å². The highest BCUT2D eigenvalue weighted by atomic mass is 35.5. The summed E-state index contributed by atoms with van der Waals surface area (Å²) in [4.78, 5) is 17.8. The summed E-state index contributed by atoms with van der Waals surface area (Å²) in [6.07, 6.45) is 1.37. The Kier molecular flexibility index (Phi) is 5.04. The minimum absolute atomic E-state index is 0.208. The molecule has 2 rings (SSSR count). The maximum absolute atomic E-state index is 12.4. The monoisotopic (exact) mass is 324 g/mol. The molecule has 0 unspecified atom stereocenters. The van der Waals surface area contributed by atoms with Crippen LogP contribution < -0.4 is 4.74 Å². The van der Waals surface area contributed by atoms with E-state index in [4.69, 9.17) is 27.9 Å². The van der Waals surface area contributed by atoms with E-state index in [1.54, 1.807) is 19.1 Å². The highest BCUT2D eigenvalue weighted by Gasteiger charge is 2.16. The fraction of sp³-hybridized carbons (Fsp3) is 0.200. The fourth-order valence-electron chi connectivity index (χ4n) is 1.86. The lowest BCUT2D eigenvalue weighted by molar-refractivity contribution is 0.0785. The van der Waals surface area contributed by atoms with Gasteiger partial charge in [0.25, 0.3) is 5.91 Å². The molecule has 2 aromatic rings. The lowest BCUT2D eigenvalue weighted by Crippen LogP contribution is -2.26. The number of pyridine rings is 1. The van der Waals surface area contributed by atoms with Gasteiger partial charge in [0.1, 0.15) is 10.9 Å². The molecule has 21 heavy (non-hydrogen) atoms. The van der Waals surface area contributed by atoms with Crippen LogP contribution in [0.25, 0.3) is 0 Å². The number of carbonyl (C=O) groups is 1. The maximum Gasteiger partial charge on any atom is 0.255 e. The summed E-state index contributed by atoms with van der Waals surface area (Å²) >= 11 is 11.8. The van der Waals surface area contributed by atoms with Gasteiger partial charge in [0.05, 0.1) is 17.7 Å². The number of ether oxygens (including phenoxy) is 1. The third kappa shape index (κ3) is 3.86. The average Bonchev–Trinajstić information content (AvgIpc) is 2.49. The first kappa shape index (κ1) is 15.6. The zero-order valence-electron chi connectivity index (χ0n) is 11.6. The zero-order chi connectivity index (χ0) is 15.4. The van der Waals surface area contributed by atoms with Gasteiger partial charge in [-0.1, -0.05) is 35.3 Å². The molecule has 1 aromatic carbocycles. The number of rotatable bonds is 4. The molecule has 0 atom stereocenters. The molecule has 1 aromatic heterocycles. The Balaban J connectivity index is 2.13. The van der Waals surface area contributed by atoms with E-state index in [1.165, 1.54) is 12.3 Å². The lowest BCUT2D eigenvalue weighted by Gasteiger charge is -2.18. The van der Waals surface area contributed by atoms with E-state index in [1.807, 2.05) is 24.3 Å². The number of aromatic nitrogens is 1. The number of hydrogen-bond acceptors (Lipinski definition) is 3. The van der Waals surface area contributed by atoms with E-state index in [0.29, 0.717) is 12.1 Å². The maximum atomic E-state index is 12.4. The molecule has 0 bridgehead atoms. The van der Waals surface area contributed by atoms with E-state index < -0.39 is 0 Å². The highest BCUT2D eigenvalue weighted by molar-refractivity contribution is 6.35. The second-order valence-corrected chi connectivity index (χ2v) is 5.29. The molecule has 1 amide bonds. The van der Waals surface area contributed by atoms with Crippen molar-refractivity contribution >= 4 is 29.1 Å². The van der Waals surface area contributed by atoms with Crippen molar-refractivity contribution in [2.24, 2.45) is 0 Å². The number of methoxy groups -OCH3 is 1. The van der Waals surface area contributed by atoms with Crippen LogP contribution in [0.4, 0.5) is 0 Å². The average molecular weight is 325 g/mol. The second-order valence-electron chi connectivity index (χ2n) is 4.50. The van der Waals surface area contributed by atoms with Gasteiger partial charge in [0, 0.05) is 19.8 Å². The van der Waals surface area contributed by atoms with Crippen molar-refractivity contribution in [3.05, 3.63) is 57.8 Å². The molecule has 0 spiro atoms. The van der Waals surface area contributed by atoms with Gasteiger partial charge in [-0.05, 0) is 23.8 Å². The van der Waals surface area contributed by atoms with Crippen LogP contribution in [0, 0.1) is 0 Å². The SMILES string of the molecule is COc1ccc(CN(C)C(=O)c2cc(Cl)ncc2Cl)cc1. The Hall–Kier alpha value is -1.78. The lowest BCUT2D eigenvalue weighted by atomic mass is 10.2. The van der Waals surface area contributed by atoms with Gasteiger partial charge in [0.2, 0.25) is 0 Å². The topological polar surface area (TPSA) is 42.4 Å². The van der Waals surface area contributed by atoms with Crippen LogP contribution in [0.3, 0.4) is 0 Å². The Morgan fingerprint density at radius 3 is 2.57 bits per heavy atom. The van der Waals surface area contributed by atoms with Crippen LogP contribution in [-0.4, -0.2) is 29.9 Å². The van der Waals surface area contributed by atoms with E-state index in [2.05, 4.69) is 4.98 Å². The molecular formula is C15H14Cl2N2O2.